The number of para-hydroxylation sites is 1. The maximum Gasteiger partial charge on any atom is 0.317 e. The maximum atomic E-state index is 12.2. The fraction of sp³-hybridized carbons (Fsp3) is 0.500. The summed E-state index contributed by atoms with van der Waals surface area (Å²) >= 11 is 0. The highest BCUT2D eigenvalue weighted by Gasteiger charge is 2.31. The van der Waals surface area contributed by atoms with Gasteiger partial charge in [0.05, 0.1) is 12.5 Å². The third-order valence-corrected chi connectivity index (χ3v) is 4.41. The van der Waals surface area contributed by atoms with Crippen LogP contribution >= 0.6 is 0 Å². The first-order valence-corrected chi connectivity index (χ1v) is 7.62. The van der Waals surface area contributed by atoms with Crippen molar-refractivity contribution in [1.29, 1.82) is 0 Å². The summed E-state index contributed by atoms with van der Waals surface area (Å²) in [5, 5.41) is 11.9. The van der Waals surface area contributed by atoms with Gasteiger partial charge in [-0.05, 0) is 24.5 Å². The number of urea groups is 1. The van der Waals surface area contributed by atoms with Gasteiger partial charge in [-0.3, -0.25) is 4.79 Å². The highest BCUT2D eigenvalue weighted by molar-refractivity contribution is 5.77. The Balaban J connectivity index is 1.55. The van der Waals surface area contributed by atoms with Gasteiger partial charge in [0.25, 0.3) is 0 Å². The molecule has 1 aromatic carbocycles. The molecule has 0 aromatic heterocycles. The number of likely N-dealkylation sites (tertiary alicyclic amines) is 1. The van der Waals surface area contributed by atoms with E-state index in [1.165, 1.54) is 0 Å². The Morgan fingerprint density at radius 1 is 1.32 bits per heavy atom. The Morgan fingerprint density at radius 2 is 2.14 bits per heavy atom. The standard InChI is InChI=1S/C16H20N2O4/c19-15(20)12-5-7-18(10-12)16(21)17-9-11-6-8-22-14-4-2-1-3-13(11)14/h1-4,11-12H,5-10H2,(H,17,21)(H,19,20). The van der Waals surface area contributed by atoms with Crippen LogP contribution in [-0.2, 0) is 4.79 Å². The molecule has 0 aliphatic carbocycles. The molecular formula is C16H20N2O4. The van der Waals surface area contributed by atoms with Gasteiger partial charge in [-0.25, -0.2) is 4.79 Å². The van der Waals surface area contributed by atoms with Crippen molar-refractivity contribution in [2.45, 2.75) is 18.8 Å². The summed E-state index contributed by atoms with van der Waals surface area (Å²) < 4.78 is 5.61. The largest absolute Gasteiger partial charge is 0.493 e. The van der Waals surface area contributed by atoms with Crippen molar-refractivity contribution >= 4 is 12.0 Å². The fourth-order valence-corrected chi connectivity index (χ4v) is 3.10. The lowest BCUT2D eigenvalue weighted by Gasteiger charge is -2.27. The number of hydrogen-bond donors (Lipinski definition) is 2. The van der Waals surface area contributed by atoms with E-state index < -0.39 is 11.9 Å². The molecular weight excluding hydrogens is 284 g/mol. The van der Waals surface area contributed by atoms with Crippen molar-refractivity contribution in [3.05, 3.63) is 29.8 Å². The van der Waals surface area contributed by atoms with Crippen molar-refractivity contribution in [2.75, 3.05) is 26.2 Å². The molecule has 1 fully saturated rings. The van der Waals surface area contributed by atoms with E-state index in [0.717, 1.165) is 17.7 Å². The van der Waals surface area contributed by atoms with Gasteiger partial charge in [0.15, 0.2) is 0 Å². The van der Waals surface area contributed by atoms with Gasteiger partial charge in [-0.1, -0.05) is 18.2 Å². The van der Waals surface area contributed by atoms with Crippen LogP contribution in [0.15, 0.2) is 24.3 Å². The van der Waals surface area contributed by atoms with Gasteiger partial charge in [0.2, 0.25) is 0 Å². The van der Waals surface area contributed by atoms with E-state index in [2.05, 4.69) is 5.32 Å². The summed E-state index contributed by atoms with van der Waals surface area (Å²) in [5.41, 5.74) is 1.12. The van der Waals surface area contributed by atoms with Crippen LogP contribution in [0.5, 0.6) is 5.75 Å². The zero-order valence-corrected chi connectivity index (χ0v) is 12.3. The molecule has 2 atom stereocenters. The van der Waals surface area contributed by atoms with Crippen molar-refractivity contribution < 1.29 is 19.4 Å². The number of benzene rings is 1. The van der Waals surface area contributed by atoms with Crippen LogP contribution in [0, 0.1) is 5.92 Å². The first kappa shape index (κ1) is 14.7. The smallest absolute Gasteiger partial charge is 0.317 e. The van der Waals surface area contributed by atoms with Crippen molar-refractivity contribution in [3.63, 3.8) is 0 Å². The first-order valence-electron chi connectivity index (χ1n) is 7.62. The molecule has 0 saturated carbocycles. The monoisotopic (exact) mass is 304 g/mol. The summed E-state index contributed by atoms with van der Waals surface area (Å²) in [6.07, 6.45) is 1.40. The molecule has 1 saturated heterocycles. The third-order valence-electron chi connectivity index (χ3n) is 4.41. The molecule has 0 spiro atoms. The molecule has 2 unspecified atom stereocenters. The van der Waals surface area contributed by atoms with Gasteiger partial charge < -0.3 is 20.1 Å². The molecule has 2 amide bonds. The van der Waals surface area contributed by atoms with Gasteiger partial charge in [0.1, 0.15) is 5.75 Å². The van der Waals surface area contributed by atoms with Gasteiger partial charge >= 0.3 is 12.0 Å². The summed E-state index contributed by atoms with van der Waals surface area (Å²) in [5.74, 6) is -0.130. The molecule has 0 radical (unpaired) electrons. The number of nitrogens with one attached hydrogen (secondary N) is 1. The minimum atomic E-state index is -0.825. The molecule has 2 heterocycles. The minimum Gasteiger partial charge on any atom is -0.493 e. The molecule has 118 valence electrons. The van der Waals surface area contributed by atoms with Gasteiger partial charge in [-0.2, -0.15) is 0 Å². The van der Waals surface area contributed by atoms with E-state index in [1.807, 2.05) is 24.3 Å². The van der Waals surface area contributed by atoms with E-state index in [9.17, 15) is 9.59 Å². The van der Waals surface area contributed by atoms with E-state index in [0.29, 0.717) is 32.7 Å². The van der Waals surface area contributed by atoms with Crippen LogP contribution in [0.1, 0.15) is 24.3 Å². The normalized spacial score (nSPS) is 23.5. The Kier molecular flexibility index (Phi) is 4.18. The molecule has 6 heteroatoms. The number of carbonyl (C=O) groups is 2. The van der Waals surface area contributed by atoms with Gasteiger partial charge in [0, 0.05) is 25.6 Å². The minimum absolute atomic E-state index is 0.173. The molecule has 2 N–H and O–H groups in total. The average Bonchev–Trinajstić information content (AvgIpc) is 3.03. The van der Waals surface area contributed by atoms with Crippen LogP contribution in [0.3, 0.4) is 0 Å². The van der Waals surface area contributed by atoms with Gasteiger partial charge in [-0.15, -0.1) is 0 Å². The number of carbonyl (C=O) groups excluding carboxylic acids is 1. The summed E-state index contributed by atoms with van der Waals surface area (Å²) in [7, 11) is 0. The zero-order valence-electron chi connectivity index (χ0n) is 12.3. The van der Waals surface area contributed by atoms with Crippen LogP contribution in [0.2, 0.25) is 0 Å². The molecule has 6 nitrogen and oxygen atoms in total. The molecule has 22 heavy (non-hydrogen) atoms. The summed E-state index contributed by atoms with van der Waals surface area (Å²) in [6.45, 7) is 2.01. The Morgan fingerprint density at radius 3 is 2.91 bits per heavy atom. The first-order chi connectivity index (χ1) is 10.6. The number of nitrogens with zero attached hydrogens (tertiary/aromatic N) is 1. The SMILES string of the molecule is O=C(O)C1CCN(C(=O)NCC2CCOc3ccccc32)C1. The molecule has 2 aliphatic rings. The number of carboxylic acid groups (broad SMARTS) is 1. The molecule has 2 aliphatic heterocycles. The lowest BCUT2D eigenvalue weighted by Crippen LogP contribution is -2.41. The Hall–Kier alpha value is -2.24. The second-order valence-electron chi connectivity index (χ2n) is 5.83. The van der Waals surface area contributed by atoms with E-state index in [4.69, 9.17) is 9.84 Å². The predicted octanol–water partition coefficient (Wildman–Crippen LogP) is 1.67. The number of rotatable bonds is 3. The quantitative estimate of drug-likeness (QED) is 0.890. The third kappa shape index (κ3) is 3.00. The maximum absolute atomic E-state index is 12.2. The molecule has 0 bridgehead atoms. The Labute approximate surface area is 129 Å². The molecule has 1 aromatic rings. The number of aliphatic carboxylic acids is 1. The summed E-state index contributed by atoms with van der Waals surface area (Å²) in [4.78, 5) is 24.7. The van der Waals surface area contributed by atoms with Crippen LogP contribution in [0.4, 0.5) is 4.79 Å². The second-order valence-corrected chi connectivity index (χ2v) is 5.83. The van der Waals surface area contributed by atoms with E-state index in [-0.39, 0.29) is 11.9 Å². The second kappa shape index (κ2) is 6.25. The van der Waals surface area contributed by atoms with Crippen molar-refractivity contribution in [2.24, 2.45) is 5.92 Å². The average molecular weight is 304 g/mol. The highest BCUT2D eigenvalue weighted by atomic mass is 16.5. The number of hydrogen-bond acceptors (Lipinski definition) is 3. The predicted molar refractivity (Wildman–Crippen MR) is 80.0 cm³/mol. The van der Waals surface area contributed by atoms with E-state index >= 15 is 0 Å². The molecule has 3 rings (SSSR count). The van der Waals surface area contributed by atoms with Crippen molar-refractivity contribution in [3.8, 4) is 5.75 Å². The number of carboxylic acids is 1. The number of ether oxygens (including phenoxy) is 1. The van der Waals surface area contributed by atoms with E-state index in [1.54, 1.807) is 4.90 Å². The van der Waals surface area contributed by atoms with Crippen molar-refractivity contribution in [1.82, 2.24) is 10.2 Å². The number of fused-ring (bicyclic) bond motifs is 1. The Bertz CT molecular complexity index is 575. The lowest BCUT2D eigenvalue weighted by atomic mass is 9.93. The zero-order chi connectivity index (χ0) is 15.5. The van der Waals surface area contributed by atoms with Crippen LogP contribution in [0.25, 0.3) is 0 Å². The number of amides is 2. The highest BCUT2D eigenvalue weighted by Crippen LogP contribution is 2.32. The summed E-state index contributed by atoms with van der Waals surface area (Å²) in [6, 6.07) is 7.71. The van der Waals surface area contributed by atoms with Crippen LogP contribution < -0.4 is 10.1 Å². The lowest BCUT2D eigenvalue weighted by molar-refractivity contribution is -0.141. The topological polar surface area (TPSA) is 78.9 Å². The fourth-order valence-electron chi connectivity index (χ4n) is 3.10. The van der Waals surface area contributed by atoms with Crippen LogP contribution in [-0.4, -0.2) is 48.2 Å².